The topological polar surface area (TPSA) is 29.9 Å². The number of hydrogen-bond acceptors (Lipinski definition) is 2. The fourth-order valence-corrected chi connectivity index (χ4v) is 2.56. The van der Waals surface area contributed by atoms with E-state index in [0.29, 0.717) is 11.3 Å². The quantitative estimate of drug-likeness (QED) is 0.729. The van der Waals surface area contributed by atoms with E-state index in [4.69, 9.17) is 17.0 Å². The Hall–Kier alpha value is -2.33. The van der Waals surface area contributed by atoms with Crippen molar-refractivity contribution in [3.63, 3.8) is 0 Å². The van der Waals surface area contributed by atoms with Crippen molar-refractivity contribution in [2.75, 3.05) is 7.11 Å². The van der Waals surface area contributed by atoms with Crippen molar-refractivity contribution in [3.8, 4) is 17.0 Å². The Morgan fingerprint density at radius 3 is 2.52 bits per heavy atom. The van der Waals surface area contributed by atoms with Crippen LogP contribution in [0.4, 0.5) is 0 Å². The van der Waals surface area contributed by atoms with Crippen LogP contribution in [0.3, 0.4) is 0 Å². The number of para-hydroxylation sites is 1. The molecule has 21 heavy (non-hydrogen) atoms. The molecule has 1 N–H and O–H groups in total. The molecule has 1 heterocycles. The molecule has 2 aromatic carbocycles. The second-order valence-electron chi connectivity index (χ2n) is 4.78. The number of nitrogens with zero attached hydrogens (tertiary/aromatic N) is 1. The summed E-state index contributed by atoms with van der Waals surface area (Å²) < 4.78 is 8.12. The molecule has 0 aliphatic heterocycles. The van der Waals surface area contributed by atoms with Gasteiger partial charge in [0.05, 0.1) is 19.3 Å². The first-order valence-corrected chi connectivity index (χ1v) is 7.15. The summed E-state index contributed by atoms with van der Waals surface area (Å²) in [6.45, 7) is 0.687. The normalized spacial score (nSPS) is 10.5. The van der Waals surface area contributed by atoms with Gasteiger partial charge in [0.2, 0.25) is 0 Å². The first-order chi connectivity index (χ1) is 10.3. The van der Waals surface area contributed by atoms with E-state index in [2.05, 4.69) is 23.2 Å². The van der Waals surface area contributed by atoms with Gasteiger partial charge in [0.1, 0.15) is 5.75 Å². The SMILES string of the molecule is COc1ccccc1Cn1cc(-c2ccccc2)[nH]c1=S. The lowest BCUT2D eigenvalue weighted by Gasteiger charge is -2.08. The lowest BCUT2D eigenvalue weighted by molar-refractivity contribution is 0.408. The maximum absolute atomic E-state index is 5.42. The van der Waals surface area contributed by atoms with Gasteiger partial charge in [-0.15, -0.1) is 0 Å². The van der Waals surface area contributed by atoms with Crippen molar-refractivity contribution in [1.29, 1.82) is 0 Å². The van der Waals surface area contributed by atoms with Crippen molar-refractivity contribution in [2.24, 2.45) is 0 Å². The molecule has 0 atom stereocenters. The standard InChI is InChI=1S/C17H16N2OS/c1-20-16-10-6-5-9-14(16)11-19-12-15(18-17(19)21)13-7-3-2-4-8-13/h2-10,12H,11H2,1H3,(H,18,21). The van der Waals surface area contributed by atoms with Gasteiger partial charge in [-0.3, -0.25) is 0 Å². The molecule has 0 radical (unpaired) electrons. The van der Waals surface area contributed by atoms with Gasteiger partial charge in [-0.1, -0.05) is 48.5 Å². The number of rotatable bonds is 4. The van der Waals surface area contributed by atoms with Crippen LogP contribution in [-0.2, 0) is 6.54 Å². The van der Waals surface area contributed by atoms with Gasteiger partial charge >= 0.3 is 0 Å². The zero-order chi connectivity index (χ0) is 14.7. The minimum absolute atomic E-state index is 0.687. The molecular formula is C17H16N2OS. The summed E-state index contributed by atoms with van der Waals surface area (Å²) in [4.78, 5) is 3.26. The van der Waals surface area contributed by atoms with Crippen LogP contribution in [0, 0.1) is 4.77 Å². The molecule has 0 unspecified atom stereocenters. The third kappa shape index (κ3) is 2.90. The molecule has 0 aliphatic carbocycles. The Bertz CT molecular complexity index is 790. The number of aromatic amines is 1. The van der Waals surface area contributed by atoms with Crippen LogP contribution in [0.5, 0.6) is 5.75 Å². The minimum Gasteiger partial charge on any atom is -0.496 e. The molecule has 0 bridgehead atoms. The number of benzene rings is 2. The van der Waals surface area contributed by atoms with E-state index in [1.54, 1.807) is 7.11 Å². The van der Waals surface area contributed by atoms with Gasteiger partial charge in [-0.2, -0.15) is 0 Å². The summed E-state index contributed by atoms with van der Waals surface area (Å²) in [5, 5.41) is 0. The first-order valence-electron chi connectivity index (χ1n) is 6.74. The van der Waals surface area contributed by atoms with E-state index in [-0.39, 0.29) is 0 Å². The minimum atomic E-state index is 0.687. The molecule has 0 aliphatic rings. The van der Waals surface area contributed by atoms with Crippen LogP contribution >= 0.6 is 12.2 Å². The monoisotopic (exact) mass is 296 g/mol. The van der Waals surface area contributed by atoms with Crippen molar-refractivity contribution >= 4 is 12.2 Å². The molecule has 106 valence electrons. The molecular weight excluding hydrogens is 280 g/mol. The van der Waals surface area contributed by atoms with Gasteiger partial charge < -0.3 is 14.3 Å². The molecule has 0 fully saturated rings. The van der Waals surface area contributed by atoms with Gasteiger partial charge in [-0.05, 0) is 23.8 Å². The van der Waals surface area contributed by atoms with Crippen molar-refractivity contribution in [1.82, 2.24) is 9.55 Å². The van der Waals surface area contributed by atoms with Crippen molar-refractivity contribution < 1.29 is 4.74 Å². The molecule has 0 saturated carbocycles. The highest BCUT2D eigenvalue weighted by atomic mass is 32.1. The molecule has 3 rings (SSSR count). The molecule has 3 aromatic rings. The van der Waals surface area contributed by atoms with Crippen LogP contribution in [-0.4, -0.2) is 16.7 Å². The predicted octanol–water partition coefficient (Wildman–Crippen LogP) is 4.27. The van der Waals surface area contributed by atoms with Gasteiger partial charge in [0, 0.05) is 11.8 Å². The van der Waals surface area contributed by atoms with Gasteiger partial charge in [0.25, 0.3) is 0 Å². The second-order valence-corrected chi connectivity index (χ2v) is 5.17. The Morgan fingerprint density at radius 1 is 1.05 bits per heavy atom. The van der Waals surface area contributed by atoms with Crippen molar-refractivity contribution in [3.05, 3.63) is 71.1 Å². The summed E-state index contributed by atoms with van der Waals surface area (Å²) in [5.74, 6) is 0.877. The summed E-state index contributed by atoms with van der Waals surface area (Å²) in [6.07, 6.45) is 2.05. The van der Waals surface area contributed by atoms with Crippen LogP contribution in [0.2, 0.25) is 0 Å². The zero-order valence-electron chi connectivity index (χ0n) is 11.7. The summed E-state index contributed by atoms with van der Waals surface area (Å²) in [7, 11) is 1.69. The largest absolute Gasteiger partial charge is 0.496 e. The summed E-state index contributed by atoms with van der Waals surface area (Å²) >= 11 is 5.42. The van der Waals surface area contributed by atoms with Gasteiger partial charge in [0.15, 0.2) is 4.77 Å². The number of methoxy groups -OCH3 is 1. The Morgan fingerprint density at radius 2 is 1.76 bits per heavy atom. The van der Waals surface area contributed by atoms with Crippen LogP contribution < -0.4 is 4.74 Å². The number of ether oxygens (including phenoxy) is 1. The summed E-state index contributed by atoms with van der Waals surface area (Å²) in [5.41, 5.74) is 3.26. The van der Waals surface area contributed by atoms with E-state index in [1.807, 2.05) is 47.2 Å². The van der Waals surface area contributed by atoms with E-state index in [0.717, 1.165) is 22.6 Å². The summed E-state index contributed by atoms with van der Waals surface area (Å²) in [6, 6.07) is 18.2. The zero-order valence-corrected chi connectivity index (χ0v) is 12.6. The maximum Gasteiger partial charge on any atom is 0.177 e. The fraction of sp³-hybridized carbons (Fsp3) is 0.118. The highest BCUT2D eigenvalue weighted by molar-refractivity contribution is 7.71. The molecule has 4 heteroatoms. The van der Waals surface area contributed by atoms with Crippen LogP contribution in [0.15, 0.2) is 60.8 Å². The lowest BCUT2D eigenvalue weighted by Crippen LogP contribution is -2.00. The maximum atomic E-state index is 5.42. The Labute approximate surface area is 128 Å². The van der Waals surface area contributed by atoms with E-state index >= 15 is 0 Å². The molecule has 0 saturated heterocycles. The van der Waals surface area contributed by atoms with Crippen LogP contribution in [0.25, 0.3) is 11.3 Å². The number of hydrogen-bond donors (Lipinski definition) is 1. The molecule has 0 spiro atoms. The van der Waals surface area contributed by atoms with Gasteiger partial charge in [-0.25, -0.2) is 0 Å². The number of aromatic nitrogens is 2. The third-order valence-electron chi connectivity index (χ3n) is 3.41. The highest BCUT2D eigenvalue weighted by Gasteiger charge is 2.06. The molecule has 3 nitrogen and oxygen atoms in total. The van der Waals surface area contributed by atoms with E-state index in [9.17, 15) is 0 Å². The third-order valence-corrected chi connectivity index (χ3v) is 3.74. The average Bonchev–Trinajstić information content (AvgIpc) is 2.90. The van der Waals surface area contributed by atoms with Crippen LogP contribution in [0.1, 0.15) is 5.56 Å². The Balaban J connectivity index is 1.94. The number of H-pyrrole nitrogens is 1. The Kier molecular flexibility index (Phi) is 3.88. The predicted molar refractivity (Wildman–Crippen MR) is 87.1 cm³/mol. The van der Waals surface area contributed by atoms with E-state index < -0.39 is 0 Å². The smallest absolute Gasteiger partial charge is 0.177 e. The molecule has 1 aromatic heterocycles. The second kappa shape index (κ2) is 5.97. The average molecular weight is 296 g/mol. The lowest BCUT2D eigenvalue weighted by atomic mass is 10.2. The van der Waals surface area contributed by atoms with E-state index in [1.165, 1.54) is 0 Å². The molecule has 0 amide bonds. The number of imidazole rings is 1. The number of nitrogens with one attached hydrogen (secondary N) is 1. The highest BCUT2D eigenvalue weighted by Crippen LogP contribution is 2.21. The first kappa shape index (κ1) is 13.6. The van der Waals surface area contributed by atoms with Crippen molar-refractivity contribution in [2.45, 2.75) is 6.54 Å². The fourth-order valence-electron chi connectivity index (χ4n) is 2.33.